The van der Waals surface area contributed by atoms with E-state index in [-0.39, 0.29) is 5.82 Å². The van der Waals surface area contributed by atoms with E-state index < -0.39 is 6.04 Å². The SMILES string of the molecule is CC(N=Nc1ccc(Br)cc1)c1c(F)cccc1Cl. The Morgan fingerprint density at radius 1 is 1.16 bits per heavy atom. The molecule has 0 bridgehead atoms. The molecule has 1 unspecified atom stereocenters. The van der Waals surface area contributed by atoms with Crippen molar-refractivity contribution in [2.75, 3.05) is 0 Å². The standard InChI is InChI=1S/C14H11BrClFN2/c1-9(14-12(16)3-2-4-13(14)17)18-19-11-7-5-10(15)6-8-11/h2-9H,1H3. The number of nitrogens with zero attached hydrogens (tertiary/aromatic N) is 2. The number of benzene rings is 2. The molecule has 0 fully saturated rings. The van der Waals surface area contributed by atoms with Gasteiger partial charge in [-0.3, -0.25) is 0 Å². The molecule has 0 aliphatic carbocycles. The molecule has 5 heteroatoms. The smallest absolute Gasteiger partial charge is 0.130 e. The molecule has 2 rings (SSSR count). The van der Waals surface area contributed by atoms with Crippen molar-refractivity contribution < 1.29 is 4.39 Å². The van der Waals surface area contributed by atoms with Crippen molar-refractivity contribution in [2.45, 2.75) is 13.0 Å². The summed E-state index contributed by atoms with van der Waals surface area (Å²) in [6.45, 7) is 1.76. The summed E-state index contributed by atoms with van der Waals surface area (Å²) in [6, 6.07) is 11.5. The summed E-state index contributed by atoms with van der Waals surface area (Å²) in [5.74, 6) is -0.366. The quantitative estimate of drug-likeness (QED) is 0.604. The molecule has 0 saturated heterocycles. The summed E-state index contributed by atoms with van der Waals surface area (Å²) in [6.07, 6.45) is 0. The molecule has 98 valence electrons. The van der Waals surface area contributed by atoms with Crippen LogP contribution in [0.2, 0.25) is 5.02 Å². The topological polar surface area (TPSA) is 24.7 Å². The Kier molecular flexibility index (Phi) is 4.66. The molecule has 2 nitrogen and oxygen atoms in total. The highest BCUT2D eigenvalue weighted by molar-refractivity contribution is 9.10. The van der Waals surface area contributed by atoms with Crippen molar-refractivity contribution in [2.24, 2.45) is 10.2 Å². The Labute approximate surface area is 124 Å². The third kappa shape index (κ3) is 3.61. The van der Waals surface area contributed by atoms with Gasteiger partial charge in [0.25, 0.3) is 0 Å². The van der Waals surface area contributed by atoms with Crippen LogP contribution in [0.25, 0.3) is 0 Å². The highest BCUT2D eigenvalue weighted by Gasteiger charge is 2.13. The second-order valence-corrected chi connectivity index (χ2v) is 5.33. The zero-order chi connectivity index (χ0) is 13.8. The summed E-state index contributed by atoms with van der Waals surface area (Å²) in [5, 5.41) is 8.55. The van der Waals surface area contributed by atoms with Crippen LogP contribution in [-0.2, 0) is 0 Å². The molecular formula is C14H11BrClFN2. The van der Waals surface area contributed by atoms with Gasteiger partial charge in [-0.25, -0.2) is 4.39 Å². The Hall–Kier alpha value is -1.26. The fourth-order valence-electron chi connectivity index (χ4n) is 1.63. The largest absolute Gasteiger partial charge is 0.207 e. The van der Waals surface area contributed by atoms with Gasteiger partial charge in [-0.15, -0.1) is 0 Å². The number of halogens is 3. The van der Waals surface area contributed by atoms with Crippen molar-refractivity contribution in [3.8, 4) is 0 Å². The molecule has 0 amide bonds. The van der Waals surface area contributed by atoms with Crippen LogP contribution in [0.4, 0.5) is 10.1 Å². The lowest BCUT2D eigenvalue weighted by atomic mass is 10.1. The molecule has 19 heavy (non-hydrogen) atoms. The lowest BCUT2D eigenvalue weighted by Gasteiger charge is -2.08. The van der Waals surface area contributed by atoms with E-state index in [2.05, 4.69) is 26.2 Å². The maximum Gasteiger partial charge on any atom is 0.130 e. The lowest BCUT2D eigenvalue weighted by molar-refractivity contribution is 0.589. The molecular weight excluding hydrogens is 331 g/mol. The molecule has 0 radical (unpaired) electrons. The summed E-state index contributed by atoms with van der Waals surface area (Å²) in [4.78, 5) is 0. The Morgan fingerprint density at radius 3 is 2.47 bits per heavy atom. The molecule has 0 aliphatic rings. The Morgan fingerprint density at radius 2 is 1.84 bits per heavy atom. The Bertz CT molecular complexity index is 579. The van der Waals surface area contributed by atoms with Crippen LogP contribution in [0.1, 0.15) is 18.5 Å². The minimum absolute atomic E-state index is 0.363. The van der Waals surface area contributed by atoms with Crippen LogP contribution in [0.5, 0.6) is 0 Å². The Balaban J connectivity index is 2.21. The number of hydrogen-bond donors (Lipinski definition) is 0. The van der Waals surface area contributed by atoms with Gasteiger partial charge in [0.05, 0.1) is 11.7 Å². The van der Waals surface area contributed by atoms with Gasteiger partial charge < -0.3 is 0 Å². The van der Waals surface area contributed by atoms with Gasteiger partial charge in [-0.1, -0.05) is 33.6 Å². The fraction of sp³-hybridized carbons (Fsp3) is 0.143. The van der Waals surface area contributed by atoms with E-state index >= 15 is 0 Å². The monoisotopic (exact) mass is 340 g/mol. The number of rotatable bonds is 3. The molecule has 0 spiro atoms. The number of hydrogen-bond acceptors (Lipinski definition) is 2. The molecule has 0 N–H and O–H groups in total. The van der Waals surface area contributed by atoms with Gasteiger partial charge in [0.2, 0.25) is 0 Å². The highest BCUT2D eigenvalue weighted by Crippen LogP contribution is 2.29. The van der Waals surface area contributed by atoms with Crippen molar-refractivity contribution in [3.63, 3.8) is 0 Å². The molecule has 0 aliphatic heterocycles. The zero-order valence-electron chi connectivity index (χ0n) is 10.1. The van der Waals surface area contributed by atoms with Crippen molar-refractivity contribution >= 4 is 33.2 Å². The summed E-state index contributed by atoms with van der Waals surface area (Å²) in [7, 11) is 0. The first-order valence-electron chi connectivity index (χ1n) is 5.68. The van der Waals surface area contributed by atoms with E-state index in [4.69, 9.17) is 11.6 Å². The van der Waals surface area contributed by atoms with Crippen LogP contribution in [0.3, 0.4) is 0 Å². The molecule has 0 heterocycles. The minimum atomic E-state index is -0.433. The zero-order valence-corrected chi connectivity index (χ0v) is 12.5. The average Bonchev–Trinajstić information content (AvgIpc) is 2.38. The van der Waals surface area contributed by atoms with Gasteiger partial charge in [0.15, 0.2) is 0 Å². The summed E-state index contributed by atoms with van der Waals surface area (Å²) < 4.78 is 14.7. The third-order valence-electron chi connectivity index (χ3n) is 2.59. The van der Waals surface area contributed by atoms with E-state index in [1.54, 1.807) is 19.1 Å². The predicted octanol–water partition coefficient (Wildman–Crippen LogP) is 6.09. The normalized spacial score (nSPS) is 12.8. The summed E-state index contributed by atoms with van der Waals surface area (Å²) >= 11 is 9.32. The van der Waals surface area contributed by atoms with Crippen molar-refractivity contribution in [3.05, 3.63) is 63.3 Å². The van der Waals surface area contributed by atoms with Crippen LogP contribution in [0.15, 0.2) is 57.2 Å². The molecule has 2 aromatic carbocycles. The van der Waals surface area contributed by atoms with Crippen LogP contribution in [-0.4, -0.2) is 0 Å². The first-order valence-corrected chi connectivity index (χ1v) is 6.85. The maximum atomic E-state index is 13.7. The van der Waals surface area contributed by atoms with E-state index in [9.17, 15) is 4.39 Å². The van der Waals surface area contributed by atoms with Crippen molar-refractivity contribution in [1.82, 2.24) is 0 Å². The van der Waals surface area contributed by atoms with Crippen LogP contribution in [0, 0.1) is 5.82 Å². The molecule has 0 aromatic heterocycles. The van der Waals surface area contributed by atoms with E-state index in [1.165, 1.54) is 6.07 Å². The molecule has 0 saturated carbocycles. The second kappa shape index (κ2) is 6.26. The third-order valence-corrected chi connectivity index (χ3v) is 3.45. The first-order chi connectivity index (χ1) is 9.08. The van der Waals surface area contributed by atoms with E-state index in [0.29, 0.717) is 16.3 Å². The van der Waals surface area contributed by atoms with Gasteiger partial charge in [-0.05, 0) is 43.3 Å². The summed E-state index contributed by atoms with van der Waals surface area (Å²) in [5.41, 5.74) is 1.08. The molecule has 2 aromatic rings. The van der Waals surface area contributed by atoms with Crippen LogP contribution >= 0.6 is 27.5 Å². The van der Waals surface area contributed by atoms with E-state index in [1.807, 2.05) is 24.3 Å². The molecule has 1 atom stereocenters. The minimum Gasteiger partial charge on any atom is -0.207 e. The van der Waals surface area contributed by atoms with Crippen molar-refractivity contribution in [1.29, 1.82) is 0 Å². The van der Waals surface area contributed by atoms with Gasteiger partial charge >= 0.3 is 0 Å². The first kappa shape index (κ1) is 14.2. The lowest BCUT2D eigenvalue weighted by Crippen LogP contribution is -1.94. The van der Waals surface area contributed by atoms with Crippen LogP contribution < -0.4 is 0 Å². The highest BCUT2D eigenvalue weighted by atomic mass is 79.9. The van der Waals surface area contributed by atoms with Gasteiger partial charge in [0, 0.05) is 15.1 Å². The van der Waals surface area contributed by atoms with E-state index in [0.717, 1.165) is 4.47 Å². The number of azo groups is 1. The van der Waals surface area contributed by atoms with Gasteiger partial charge in [-0.2, -0.15) is 10.2 Å². The van der Waals surface area contributed by atoms with Gasteiger partial charge in [0.1, 0.15) is 5.82 Å². The second-order valence-electron chi connectivity index (χ2n) is 4.00. The average molecular weight is 342 g/mol. The predicted molar refractivity (Wildman–Crippen MR) is 78.5 cm³/mol. The maximum absolute atomic E-state index is 13.7. The fourth-order valence-corrected chi connectivity index (χ4v) is 2.21.